The van der Waals surface area contributed by atoms with Crippen LogP contribution in [0.2, 0.25) is 0 Å². The van der Waals surface area contributed by atoms with Gasteiger partial charge in [-0.3, -0.25) is 4.55 Å². The smallest absolute Gasteiger partial charge is 0.363 e. The van der Waals surface area contributed by atoms with Crippen LogP contribution in [0.15, 0.2) is 38.3 Å². The minimum absolute atomic E-state index is 0.0722. The van der Waals surface area contributed by atoms with Gasteiger partial charge in [0.2, 0.25) is 0 Å². The van der Waals surface area contributed by atoms with Gasteiger partial charge in [-0.25, -0.2) is 4.39 Å². The fraction of sp³-hybridized carbons (Fsp3) is 0. The van der Waals surface area contributed by atoms with E-state index in [0.29, 0.717) is 11.0 Å². The van der Waals surface area contributed by atoms with Crippen molar-refractivity contribution in [2.24, 2.45) is 0 Å². The fourth-order valence-corrected chi connectivity index (χ4v) is 1.86. The first-order valence-electron chi connectivity index (χ1n) is 4.94. The first-order valence-corrected chi connectivity index (χ1v) is 6.38. The standard InChI is InChI=1S/C10H5FN2O5S/c11-6-1-2-7-5(3-6)4-8(17-7)9-12-13-10(18-9)19(14,15)16/h1-4H,(H,14,15,16). The Bertz CT molecular complexity index is 867. The van der Waals surface area contributed by atoms with E-state index < -0.39 is 21.2 Å². The molecule has 98 valence electrons. The van der Waals surface area contributed by atoms with E-state index >= 15 is 0 Å². The van der Waals surface area contributed by atoms with Gasteiger partial charge in [0.25, 0.3) is 5.89 Å². The van der Waals surface area contributed by atoms with Crippen LogP contribution in [0.1, 0.15) is 0 Å². The van der Waals surface area contributed by atoms with Gasteiger partial charge in [0.05, 0.1) is 0 Å². The molecule has 0 saturated carbocycles. The highest BCUT2D eigenvalue weighted by Gasteiger charge is 2.21. The molecule has 0 unspecified atom stereocenters. The van der Waals surface area contributed by atoms with Crippen molar-refractivity contribution >= 4 is 21.1 Å². The Labute approximate surface area is 105 Å². The summed E-state index contributed by atoms with van der Waals surface area (Å²) in [5, 5.41) is 6.11. The van der Waals surface area contributed by atoms with Crippen molar-refractivity contribution in [3.05, 3.63) is 30.1 Å². The average Bonchev–Trinajstić information content (AvgIpc) is 2.92. The Morgan fingerprint density at radius 2 is 1.95 bits per heavy atom. The molecule has 0 saturated heterocycles. The molecular weight excluding hydrogens is 279 g/mol. The minimum atomic E-state index is -4.57. The van der Waals surface area contributed by atoms with Crippen LogP contribution in [0.25, 0.3) is 22.6 Å². The van der Waals surface area contributed by atoms with E-state index in [-0.39, 0.29) is 11.7 Å². The van der Waals surface area contributed by atoms with Crippen LogP contribution in [-0.4, -0.2) is 23.2 Å². The molecule has 19 heavy (non-hydrogen) atoms. The van der Waals surface area contributed by atoms with Crippen molar-refractivity contribution in [3.8, 4) is 11.7 Å². The molecular formula is C10H5FN2O5S. The van der Waals surface area contributed by atoms with Gasteiger partial charge in [-0.15, -0.1) is 5.10 Å². The second-order valence-electron chi connectivity index (χ2n) is 3.64. The van der Waals surface area contributed by atoms with Crippen molar-refractivity contribution in [3.63, 3.8) is 0 Å². The highest BCUT2D eigenvalue weighted by Crippen LogP contribution is 2.27. The lowest BCUT2D eigenvalue weighted by Crippen LogP contribution is -1.97. The number of hydrogen-bond donors (Lipinski definition) is 1. The van der Waals surface area contributed by atoms with Crippen LogP contribution in [-0.2, 0) is 10.1 Å². The summed E-state index contributed by atoms with van der Waals surface area (Å²) in [7, 11) is -4.57. The molecule has 0 bridgehead atoms. The molecule has 2 aromatic heterocycles. The highest BCUT2D eigenvalue weighted by atomic mass is 32.2. The Kier molecular flexibility index (Phi) is 2.40. The van der Waals surface area contributed by atoms with E-state index in [9.17, 15) is 12.8 Å². The van der Waals surface area contributed by atoms with Gasteiger partial charge in [-0.1, -0.05) is 5.10 Å². The maximum Gasteiger partial charge on any atom is 0.363 e. The van der Waals surface area contributed by atoms with Crippen molar-refractivity contribution in [1.29, 1.82) is 0 Å². The molecule has 0 fully saturated rings. The predicted octanol–water partition coefficient (Wildman–Crippen LogP) is 1.87. The van der Waals surface area contributed by atoms with E-state index in [1.54, 1.807) is 0 Å². The van der Waals surface area contributed by atoms with E-state index in [1.807, 2.05) is 0 Å². The molecule has 0 aliphatic carbocycles. The number of benzene rings is 1. The topological polar surface area (TPSA) is 106 Å². The van der Waals surface area contributed by atoms with Crippen LogP contribution in [0, 0.1) is 5.82 Å². The van der Waals surface area contributed by atoms with Gasteiger partial charge in [-0.05, 0) is 24.3 Å². The summed E-state index contributed by atoms with van der Waals surface area (Å²) in [5.41, 5.74) is 0.378. The molecule has 7 nitrogen and oxygen atoms in total. The lowest BCUT2D eigenvalue weighted by atomic mass is 10.2. The molecule has 3 aromatic rings. The summed E-state index contributed by atoms with van der Waals surface area (Å²) in [6.45, 7) is 0. The van der Waals surface area contributed by atoms with Gasteiger partial charge in [0.1, 0.15) is 11.4 Å². The maximum absolute atomic E-state index is 13.0. The van der Waals surface area contributed by atoms with Crippen molar-refractivity contribution < 1.29 is 26.2 Å². The normalized spacial score (nSPS) is 12.1. The number of halogens is 1. The molecule has 0 spiro atoms. The number of hydrogen-bond acceptors (Lipinski definition) is 6. The maximum atomic E-state index is 13.0. The number of fused-ring (bicyclic) bond motifs is 1. The first-order chi connectivity index (χ1) is 8.93. The Balaban J connectivity index is 2.11. The predicted molar refractivity (Wildman–Crippen MR) is 59.3 cm³/mol. The number of nitrogens with zero attached hydrogens (tertiary/aromatic N) is 2. The zero-order valence-corrected chi connectivity index (χ0v) is 9.89. The van der Waals surface area contributed by atoms with E-state index in [0.717, 1.165) is 0 Å². The SMILES string of the molecule is O=S(=O)(O)c1nnc(-c2cc3cc(F)ccc3o2)o1. The summed E-state index contributed by atoms with van der Waals surface area (Å²) < 4.78 is 53.3. The molecule has 0 atom stereocenters. The quantitative estimate of drug-likeness (QED) is 0.716. The minimum Gasteiger partial charge on any atom is -0.451 e. The number of furan rings is 1. The summed E-state index contributed by atoms with van der Waals surface area (Å²) in [4.78, 5) is 0. The molecule has 2 heterocycles. The third-order valence-corrected chi connectivity index (χ3v) is 2.92. The zero-order chi connectivity index (χ0) is 13.6. The van der Waals surface area contributed by atoms with E-state index in [4.69, 9.17) is 13.4 Å². The molecule has 0 radical (unpaired) electrons. The molecule has 0 aliphatic rings. The Hall–Kier alpha value is -2.26. The van der Waals surface area contributed by atoms with E-state index in [2.05, 4.69) is 10.2 Å². The van der Waals surface area contributed by atoms with Crippen LogP contribution in [0.3, 0.4) is 0 Å². The Morgan fingerprint density at radius 1 is 1.16 bits per heavy atom. The first kappa shape index (κ1) is 11.8. The van der Waals surface area contributed by atoms with Gasteiger partial charge < -0.3 is 8.83 Å². The average molecular weight is 284 g/mol. The van der Waals surface area contributed by atoms with Crippen molar-refractivity contribution in [1.82, 2.24) is 10.2 Å². The second-order valence-corrected chi connectivity index (χ2v) is 4.94. The van der Waals surface area contributed by atoms with Crippen molar-refractivity contribution in [2.75, 3.05) is 0 Å². The van der Waals surface area contributed by atoms with Crippen LogP contribution in [0.5, 0.6) is 0 Å². The van der Waals surface area contributed by atoms with Crippen LogP contribution >= 0.6 is 0 Å². The number of rotatable bonds is 2. The monoisotopic (exact) mass is 284 g/mol. The molecule has 9 heteroatoms. The lowest BCUT2D eigenvalue weighted by Gasteiger charge is -1.87. The lowest BCUT2D eigenvalue weighted by molar-refractivity contribution is 0.392. The fourth-order valence-electron chi connectivity index (χ4n) is 1.53. The van der Waals surface area contributed by atoms with Gasteiger partial charge in [-0.2, -0.15) is 8.42 Å². The molecule has 1 aromatic carbocycles. The molecule has 0 amide bonds. The largest absolute Gasteiger partial charge is 0.451 e. The van der Waals surface area contributed by atoms with Crippen molar-refractivity contribution in [2.45, 2.75) is 5.22 Å². The second kappa shape index (κ2) is 3.87. The molecule has 0 aliphatic heterocycles. The summed E-state index contributed by atoms with van der Waals surface area (Å²) >= 11 is 0. The third-order valence-electron chi connectivity index (χ3n) is 2.32. The molecule has 1 N–H and O–H groups in total. The van der Waals surface area contributed by atoms with Crippen LogP contribution in [0.4, 0.5) is 4.39 Å². The molecule has 3 rings (SSSR count). The van der Waals surface area contributed by atoms with Gasteiger partial charge in [0, 0.05) is 5.39 Å². The number of aromatic nitrogens is 2. The summed E-state index contributed by atoms with van der Waals surface area (Å²) in [6.07, 6.45) is 0. The summed E-state index contributed by atoms with van der Waals surface area (Å²) in [6, 6.07) is 5.28. The van der Waals surface area contributed by atoms with Gasteiger partial charge in [0.15, 0.2) is 5.76 Å². The van der Waals surface area contributed by atoms with Gasteiger partial charge >= 0.3 is 15.3 Å². The third kappa shape index (κ3) is 2.09. The highest BCUT2D eigenvalue weighted by molar-refractivity contribution is 7.85. The van der Waals surface area contributed by atoms with E-state index in [1.165, 1.54) is 24.3 Å². The summed E-state index contributed by atoms with van der Waals surface area (Å²) in [5.74, 6) is -0.601. The zero-order valence-electron chi connectivity index (χ0n) is 9.07. The Morgan fingerprint density at radius 3 is 2.63 bits per heavy atom. The van der Waals surface area contributed by atoms with Crippen LogP contribution < -0.4 is 0 Å².